The van der Waals surface area contributed by atoms with E-state index in [4.69, 9.17) is 4.52 Å². The number of hydrogen-bond acceptors (Lipinski definition) is 8. The van der Waals surface area contributed by atoms with Gasteiger partial charge in [0.1, 0.15) is 9.97 Å². The average molecular weight is 337 g/mol. The summed E-state index contributed by atoms with van der Waals surface area (Å²) in [7, 11) is -3.62. The molecule has 3 rings (SSSR count). The standard InChI is InChI=1S/C12H11N5O3S2/c1-8-7-11(16-20-8)13-9-4-5-10(15-14-9)17-22(18,19)12-3-2-6-21-12/h2-7H,1H3,(H,15,17)(H,13,14,16). The van der Waals surface area contributed by atoms with Gasteiger partial charge in [0.05, 0.1) is 0 Å². The maximum Gasteiger partial charge on any atom is 0.272 e. The van der Waals surface area contributed by atoms with Crippen LogP contribution in [0.15, 0.2) is 44.4 Å². The van der Waals surface area contributed by atoms with Gasteiger partial charge in [0.2, 0.25) is 0 Å². The van der Waals surface area contributed by atoms with Crippen LogP contribution in [0.1, 0.15) is 5.76 Å². The molecule has 0 atom stereocenters. The normalized spacial score (nSPS) is 11.3. The SMILES string of the molecule is Cc1cc(Nc2ccc(NS(=O)(=O)c3cccs3)nn2)no1. The number of aromatic nitrogens is 3. The van der Waals surface area contributed by atoms with Gasteiger partial charge in [-0.2, -0.15) is 0 Å². The summed E-state index contributed by atoms with van der Waals surface area (Å²) in [5, 5.41) is 16.0. The van der Waals surface area contributed by atoms with Crippen molar-refractivity contribution in [1.82, 2.24) is 15.4 Å². The van der Waals surface area contributed by atoms with E-state index in [1.165, 1.54) is 12.1 Å². The molecule has 0 unspecified atom stereocenters. The van der Waals surface area contributed by atoms with Gasteiger partial charge in [0.15, 0.2) is 17.5 Å². The van der Waals surface area contributed by atoms with E-state index < -0.39 is 10.0 Å². The van der Waals surface area contributed by atoms with Crippen LogP contribution in [0.5, 0.6) is 0 Å². The summed E-state index contributed by atoms with van der Waals surface area (Å²) in [6.07, 6.45) is 0. The van der Waals surface area contributed by atoms with E-state index in [1.54, 1.807) is 30.5 Å². The summed E-state index contributed by atoms with van der Waals surface area (Å²) in [5.74, 6) is 1.72. The lowest BCUT2D eigenvalue weighted by Crippen LogP contribution is -2.13. The summed E-state index contributed by atoms with van der Waals surface area (Å²) in [4.78, 5) is 0. The van der Waals surface area contributed by atoms with Crippen molar-refractivity contribution in [2.24, 2.45) is 0 Å². The molecule has 22 heavy (non-hydrogen) atoms. The Labute approximate surface area is 130 Å². The molecule has 8 nitrogen and oxygen atoms in total. The molecule has 0 saturated heterocycles. The Kier molecular flexibility index (Phi) is 3.77. The van der Waals surface area contributed by atoms with Crippen LogP contribution < -0.4 is 10.0 Å². The second kappa shape index (κ2) is 5.73. The van der Waals surface area contributed by atoms with Crippen LogP contribution >= 0.6 is 11.3 Å². The number of rotatable bonds is 5. The second-order valence-electron chi connectivity index (χ2n) is 4.29. The van der Waals surface area contributed by atoms with Gasteiger partial charge >= 0.3 is 0 Å². The Hall–Kier alpha value is -2.46. The van der Waals surface area contributed by atoms with Gasteiger partial charge in [0.25, 0.3) is 10.0 Å². The van der Waals surface area contributed by atoms with Gasteiger partial charge in [0, 0.05) is 6.07 Å². The largest absolute Gasteiger partial charge is 0.360 e. The van der Waals surface area contributed by atoms with E-state index >= 15 is 0 Å². The zero-order chi connectivity index (χ0) is 15.6. The molecule has 114 valence electrons. The molecule has 0 radical (unpaired) electrons. The van der Waals surface area contributed by atoms with E-state index in [1.807, 2.05) is 0 Å². The minimum absolute atomic E-state index is 0.135. The fourth-order valence-electron chi connectivity index (χ4n) is 1.61. The highest BCUT2D eigenvalue weighted by atomic mass is 32.2. The van der Waals surface area contributed by atoms with Crippen LogP contribution in [0.25, 0.3) is 0 Å². The van der Waals surface area contributed by atoms with Crippen molar-refractivity contribution in [3.8, 4) is 0 Å². The van der Waals surface area contributed by atoms with Crippen molar-refractivity contribution in [2.45, 2.75) is 11.1 Å². The number of nitrogens with one attached hydrogen (secondary N) is 2. The number of thiophene rings is 1. The number of anilines is 3. The Bertz CT molecular complexity index is 857. The minimum atomic E-state index is -3.62. The zero-order valence-electron chi connectivity index (χ0n) is 11.3. The third-order valence-electron chi connectivity index (χ3n) is 2.55. The Morgan fingerprint density at radius 3 is 2.50 bits per heavy atom. The molecule has 0 aliphatic rings. The molecule has 0 aliphatic carbocycles. The predicted octanol–water partition coefficient (Wildman–Crippen LogP) is 2.38. The molecule has 0 aliphatic heterocycles. The molecule has 0 bridgehead atoms. The van der Waals surface area contributed by atoms with E-state index in [0.29, 0.717) is 17.4 Å². The first kappa shape index (κ1) is 14.5. The van der Waals surface area contributed by atoms with Gasteiger partial charge in [-0.25, -0.2) is 8.42 Å². The molecule has 3 heterocycles. The van der Waals surface area contributed by atoms with E-state index in [2.05, 4.69) is 25.4 Å². The Balaban J connectivity index is 1.72. The van der Waals surface area contributed by atoms with E-state index in [9.17, 15) is 8.42 Å². The first-order chi connectivity index (χ1) is 10.5. The highest BCUT2D eigenvalue weighted by Crippen LogP contribution is 2.20. The van der Waals surface area contributed by atoms with Crippen LogP contribution in [0.3, 0.4) is 0 Å². The maximum atomic E-state index is 12.0. The second-order valence-corrected chi connectivity index (χ2v) is 7.15. The summed E-state index contributed by atoms with van der Waals surface area (Å²) in [6, 6.07) is 7.98. The number of sulfonamides is 1. The third kappa shape index (κ3) is 3.23. The molecule has 0 aromatic carbocycles. The fraction of sp³-hybridized carbons (Fsp3) is 0.0833. The van der Waals surface area contributed by atoms with Crippen LogP contribution in [0, 0.1) is 6.92 Å². The van der Waals surface area contributed by atoms with Crippen molar-refractivity contribution < 1.29 is 12.9 Å². The molecule has 10 heteroatoms. The van der Waals surface area contributed by atoms with Gasteiger partial charge in [-0.3, -0.25) is 4.72 Å². The monoisotopic (exact) mass is 337 g/mol. The lowest BCUT2D eigenvalue weighted by molar-refractivity contribution is 0.400. The molecule has 0 saturated carbocycles. The lowest BCUT2D eigenvalue weighted by Gasteiger charge is -2.05. The quantitative estimate of drug-likeness (QED) is 0.735. The molecule has 0 spiro atoms. The summed E-state index contributed by atoms with van der Waals surface area (Å²) < 4.78 is 31.6. The molecule has 3 aromatic rings. The smallest absolute Gasteiger partial charge is 0.272 e. The van der Waals surface area contributed by atoms with Gasteiger partial charge in [-0.1, -0.05) is 11.2 Å². The van der Waals surface area contributed by atoms with Crippen molar-refractivity contribution in [1.29, 1.82) is 0 Å². The number of nitrogens with zero attached hydrogens (tertiary/aromatic N) is 3. The zero-order valence-corrected chi connectivity index (χ0v) is 13.0. The van der Waals surface area contributed by atoms with Crippen molar-refractivity contribution >= 4 is 38.8 Å². The van der Waals surface area contributed by atoms with Crippen LogP contribution in [0.2, 0.25) is 0 Å². The van der Waals surface area contributed by atoms with Gasteiger partial charge < -0.3 is 9.84 Å². The van der Waals surface area contributed by atoms with Gasteiger partial charge in [-0.05, 0) is 30.5 Å². The maximum absolute atomic E-state index is 12.0. The third-order valence-corrected chi connectivity index (χ3v) is 5.30. The topological polar surface area (TPSA) is 110 Å². The highest BCUT2D eigenvalue weighted by molar-refractivity contribution is 7.94. The summed E-state index contributed by atoms with van der Waals surface area (Å²) >= 11 is 1.13. The first-order valence-corrected chi connectivity index (χ1v) is 8.50. The van der Waals surface area contributed by atoms with Crippen LogP contribution in [-0.2, 0) is 10.0 Å². The van der Waals surface area contributed by atoms with Crippen LogP contribution in [-0.4, -0.2) is 23.8 Å². The van der Waals surface area contributed by atoms with Crippen molar-refractivity contribution in [2.75, 3.05) is 10.0 Å². The van der Waals surface area contributed by atoms with Crippen molar-refractivity contribution in [3.05, 3.63) is 41.5 Å². The molecule has 0 amide bonds. The van der Waals surface area contributed by atoms with E-state index in [-0.39, 0.29) is 10.0 Å². The number of aryl methyl sites for hydroxylation is 1. The number of hydrogen-bond donors (Lipinski definition) is 2. The summed E-state index contributed by atoms with van der Waals surface area (Å²) in [6.45, 7) is 1.77. The van der Waals surface area contributed by atoms with Crippen LogP contribution in [0.4, 0.5) is 17.5 Å². The van der Waals surface area contributed by atoms with Gasteiger partial charge in [-0.15, -0.1) is 21.5 Å². The Morgan fingerprint density at radius 2 is 1.91 bits per heavy atom. The first-order valence-electron chi connectivity index (χ1n) is 6.13. The predicted molar refractivity (Wildman–Crippen MR) is 81.7 cm³/mol. The lowest BCUT2D eigenvalue weighted by atomic mass is 10.4. The molecule has 3 aromatic heterocycles. The Morgan fingerprint density at radius 1 is 1.14 bits per heavy atom. The van der Waals surface area contributed by atoms with E-state index in [0.717, 1.165) is 11.3 Å². The average Bonchev–Trinajstić information content (AvgIpc) is 3.13. The molecule has 2 N–H and O–H groups in total. The highest BCUT2D eigenvalue weighted by Gasteiger charge is 2.16. The fourth-order valence-corrected chi connectivity index (χ4v) is 3.60. The molecular formula is C12H11N5O3S2. The summed E-state index contributed by atoms with van der Waals surface area (Å²) in [5.41, 5.74) is 0. The van der Waals surface area contributed by atoms with Crippen molar-refractivity contribution in [3.63, 3.8) is 0 Å². The molecule has 0 fully saturated rings. The molecular weight excluding hydrogens is 326 g/mol. The minimum Gasteiger partial charge on any atom is -0.360 e.